The summed E-state index contributed by atoms with van der Waals surface area (Å²) in [5, 5.41) is 6.77. The molecule has 31 heavy (non-hydrogen) atoms. The first kappa shape index (κ1) is 19.4. The molecule has 0 radical (unpaired) electrons. The molecule has 1 amide bonds. The normalized spacial score (nSPS) is 21.0. The van der Waals surface area contributed by atoms with Gasteiger partial charge in [0, 0.05) is 17.2 Å². The highest BCUT2D eigenvalue weighted by atomic mass is 16.5. The number of carbonyl (C=O) groups excluding carboxylic acids is 1. The maximum absolute atomic E-state index is 13.2. The highest BCUT2D eigenvalue weighted by Crippen LogP contribution is 2.51. The van der Waals surface area contributed by atoms with Crippen LogP contribution in [0.5, 0.6) is 5.75 Å². The van der Waals surface area contributed by atoms with Gasteiger partial charge in [-0.25, -0.2) is 0 Å². The Bertz CT molecular complexity index is 1120. The van der Waals surface area contributed by atoms with Crippen molar-refractivity contribution in [3.8, 4) is 5.75 Å². The number of rotatable bonds is 5. The maximum Gasteiger partial charge on any atom is 0.257 e. The summed E-state index contributed by atoms with van der Waals surface area (Å²) in [7, 11) is 0. The monoisotopic (exact) mass is 410 g/mol. The molecular weight excluding hydrogens is 384 g/mol. The van der Waals surface area contributed by atoms with E-state index in [9.17, 15) is 4.79 Å². The minimum atomic E-state index is -0.104. The molecule has 4 heteroatoms. The molecule has 1 aliphatic heterocycles. The highest BCUT2D eigenvalue weighted by Gasteiger charge is 2.40. The second-order valence-corrected chi connectivity index (χ2v) is 8.04. The molecule has 0 saturated carbocycles. The minimum Gasteiger partial charge on any atom is -0.494 e. The van der Waals surface area contributed by atoms with Crippen molar-refractivity contribution in [3.63, 3.8) is 0 Å². The fourth-order valence-electron chi connectivity index (χ4n) is 4.86. The van der Waals surface area contributed by atoms with Crippen LogP contribution in [0.3, 0.4) is 0 Å². The van der Waals surface area contributed by atoms with E-state index in [2.05, 4.69) is 41.0 Å². The average molecular weight is 411 g/mol. The Morgan fingerprint density at radius 1 is 1.00 bits per heavy atom. The standard InChI is InChI=1S/C27H26N2O2/c1-2-31-24-17-7-6-12-22(24)25-20-14-8-13-19(20)21-15-9-16-23(26(21)29-25)27(30)28-18-10-4-3-5-11-18/h3-13,15-17,19-20,25,29H,2,14H2,1H3,(H,28,30). The summed E-state index contributed by atoms with van der Waals surface area (Å²) < 4.78 is 5.94. The topological polar surface area (TPSA) is 50.4 Å². The van der Waals surface area contributed by atoms with Gasteiger partial charge in [-0.05, 0) is 49.1 Å². The van der Waals surface area contributed by atoms with E-state index in [1.165, 1.54) is 5.56 Å². The first-order valence-corrected chi connectivity index (χ1v) is 10.9. The summed E-state index contributed by atoms with van der Waals surface area (Å²) in [6, 6.07) is 23.9. The number of carbonyl (C=O) groups is 1. The number of hydrogen-bond donors (Lipinski definition) is 2. The summed E-state index contributed by atoms with van der Waals surface area (Å²) in [6.07, 6.45) is 5.56. The molecule has 0 spiro atoms. The Morgan fingerprint density at radius 3 is 2.61 bits per heavy atom. The van der Waals surface area contributed by atoms with Crippen molar-refractivity contribution in [1.29, 1.82) is 0 Å². The molecule has 2 aliphatic rings. The van der Waals surface area contributed by atoms with Crippen LogP contribution >= 0.6 is 0 Å². The predicted octanol–water partition coefficient (Wildman–Crippen LogP) is 6.16. The number of amides is 1. The van der Waals surface area contributed by atoms with Gasteiger partial charge in [0.1, 0.15) is 5.75 Å². The number of fused-ring (bicyclic) bond motifs is 3. The van der Waals surface area contributed by atoms with Gasteiger partial charge in [0.15, 0.2) is 0 Å². The van der Waals surface area contributed by atoms with Crippen LogP contribution in [0.25, 0.3) is 0 Å². The molecule has 3 unspecified atom stereocenters. The zero-order valence-corrected chi connectivity index (χ0v) is 17.5. The summed E-state index contributed by atoms with van der Waals surface area (Å²) in [4.78, 5) is 13.2. The number of nitrogens with one attached hydrogen (secondary N) is 2. The molecule has 1 aliphatic carbocycles. The van der Waals surface area contributed by atoms with Gasteiger partial charge in [0.2, 0.25) is 0 Å². The third-order valence-corrected chi connectivity index (χ3v) is 6.23. The van der Waals surface area contributed by atoms with E-state index in [-0.39, 0.29) is 17.9 Å². The second kappa shape index (κ2) is 8.31. The molecule has 5 rings (SSSR count). The molecule has 3 atom stereocenters. The molecule has 0 fully saturated rings. The smallest absolute Gasteiger partial charge is 0.257 e. The lowest BCUT2D eigenvalue weighted by atomic mass is 9.76. The van der Waals surface area contributed by atoms with E-state index in [0.717, 1.165) is 29.1 Å². The fourth-order valence-corrected chi connectivity index (χ4v) is 4.86. The zero-order chi connectivity index (χ0) is 21.2. The number of hydrogen-bond acceptors (Lipinski definition) is 3. The minimum absolute atomic E-state index is 0.0703. The Hall–Kier alpha value is -3.53. The van der Waals surface area contributed by atoms with E-state index in [0.29, 0.717) is 18.1 Å². The van der Waals surface area contributed by atoms with E-state index in [1.54, 1.807) is 0 Å². The van der Waals surface area contributed by atoms with Crippen LogP contribution in [0.2, 0.25) is 0 Å². The summed E-state index contributed by atoms with van der Waals surface area (Å²) in [5.41, 5.74) is 4.70. The van der Waals surface area contributed by atoms with Crippen LogP contribution in [0.15, 0.2) is 84.9 Å². The lowest BCUT2D eigenvalue weighted by molar-refractivity contribution is 0.102. The number of para-hydroxylation sites is 3. The summed E-state index contributed by atoms with van der Waals surface area (Å²) in [6.45, 7) is 2.63. The van der Waals surface area contributed by atoms with Gasteiger partial charge in [-0.15, -0.1) is 0 Å². The van der Waals surface area contributed by atoms with Gasteiger partial charge < -0.3 is 15.4 Å². The van der Waals surface area contributed by atoms with Gasteiger partial charge in [-0.3, -0.25) is 4.79 Å². The SMILES string of the molecule is CCOc1ccccc1C1Nc2c(C(=O)Nc3ccccc3)cccc2C2C=CCC21. The van der Waals surface area contributed by atoms with Crippen molar-refractivity contribution in [2.24, 2.45) is 5.92 Å². The molecule has 0 saturated heterocycles. The van der Waals surface area contributed by atoms with E-state index in [1.807, 2.05) is 61.5 Å². The third-order valence-electron chi connectivity index (χ3n) is 6.23. The molecular formula is C27H26N2O2. The molecule has 0 bridgehead atoms. The van der Waals surface area contributed by atoms with Gasteiger partial charge in [-0.2, -0.15) is 0 Å². The van der Waals surface area contributed by atoms with E-state index >= 15 is 0 Å². The first-order chi connectivity index (χ1) is 15.3. The lowest BCUT2D eigenvalue weighted by Crippen LogP contribution is -2.31. The molecule has 3 aromatic carbocycles. The first-order valence-electron chi connectivity index (χ1n) is 10.9. The Labute approximate surface area is 183 Å². The van der Waals surface area contributed by atoms with Crippen molar-refractivity contribution in [2.75, 3.05) is 17.2 Å². The Kier molecular flexibility index (Phi) is 5.21. The second-order valence-electron chi connectivity index (χ2n) is 8.04. The third kappa shape index (κ3) is 3.59. The quantitative estimate of drug-likeness (QED) is 0.495. The lowest BCUT2D eigenvalue weighted by Gasteiger charge is -2.38. The number of anilines is 2. The highest BCUT2D eigenvalue weighted by molar-refractivity contribution is 6.08. The largest absolute Gasteiger partial charge is 0.494 e. The van der Waals surface area contributed by atoms with E-state index < -0.39 is 0 Å². The average Bonchev–Trinajstić information content (AvgIpc) is 3.30. The van der Waals surface area contributed by atoms with Gasteiger partial charge in [0.25, 0.3) is 5.91 Å². The van der Waals surface area contributed by atoms with Gasteiger partial charge >= 0.3 is 0 Å². The molecule has 0 aromatic heterocycles. The van der Waals surface area contributed by atoms with Crippen molar-refractivity contribution in [1.82, 2.24) is 0 Å². The van der Waals surface area contributed by atoms with Crippen LogP contribution in [0.1, 0.15) is 46.8 Å². The molecule has 2 N–H and O–H groups in total. The van der Waals surface area contributed by atoms with Crippen molar-refractivity contribution in [3.05, 3.63) is 102 Å². The molecule has 3 aromatic rings. The van der Waals surface area contributed by atoms with Crippen molar-refractivity contribution >= 4 is 17.3 Å². The number of ether oxygens (including phenoxy) is 1. The number of allylic oxidation sites excluding steroid dienone is 2. The summed E-state index contributed by atoms with van der Waals surface area (Å²) >= 11 is 0. The zero-order valence-electron chi connectivity index (χ0n) is 17.5. The maximum atomic E-state index is 13.2. The Morgan fingerprint density at radius 2 is 1.77 bits per heavy atom. The van der Waals surface area contributed by atoms with Crippen molar-refractivity contribution < 1.29 is 9.53 Å². The van der Waals surface area contributed by atoms with Gasteiger partial charge in [0.05, 0.1) is 23.9 Å². The predicted molar refractivity (Wildman–Crippen MR) is 125 cm³/mol. The molecule has 156 valence electrons. The molecule has 1 heterocycles. The van der Waals surface area contributed by atoms with Crippen LogP contribution in [0, 0.1) is 5.92 Å². The van der Waals surface area contributed by atoms with Crippen LogP contribution in [0.4, 0.5) is 11.4 Å². The van der Waals surface area contributed by atoms with Crippen LogP contribution in [-0.4, -0.2) is 12.5 Å². The Balaban J connectivity index is 1.55. The molecule has 4 nitrogen and oxygen atoms in total. The fraction of sp³-hybridized carbons (Fsp3) is 0.222. The number of benzene rings is 3. The van der Waals surface area contributed by atoms with E-state index in [4.69, 9.17) is 4.74 Å². The van der Waals surface area contributed by atoms with Gasteiger partial charge in [-0.1, -0.05) is 60.7 Å². The van der Waals surface area contributed by atoms with Crippen LogP contribution < -0.4 is 15.4 Å². The van der Waals surface area contributed by atoms with Crippen molar-refractivity contribution in [2.45, 2.75) is 25.3 Å². The summed E-state index contributed by atoms with van der Waals surface area (Å²) in [5.74, 6) is 1.47. The van der Waals surface area contributed by atoms with Crippen LogP contribution in [-0.2, 0) is 0 Å².